The number of Topliss-reactive ketones (excluding diaryl/α,β-unsaturated/α-hetero) is 1. The number of hydrogen-bond acceptors (Lipinski definition) is 5. The highest BCUT2D eigenvalue weighted by atomic mass is 16.7. The average molecular weight is 311 g/mol. The number of ketones is 1. The van der Waals surface area contributed by atoms with E-state index < -0.39 is 0 Å². The van der Waals surface area contributed by atoms with E-state index in [1.165, 1.54) is 0 Å². The zero-order valence-corrected chi connectivity index (χ0v) is 15.6. The maximum absolute atomic E-state index is 12.1. The number of nitrogens with zero attached hydrogens (tertiary/aromatic N) is 3. The summed E-state index contributed by atoms with van der Waals surface area (Å²) in [7, 11) is 1.76. The standard InChI is InChI=1S/C17H33NO2.N2/c1-15(2,3)14(19)10-9-13-11-16(4,5)18(20-8)17(6,7)12-13;1-2/h13H,9-12H2,1-8H3;. The Balaban J connectivity index is 0.00000211. The van der Waals surface area contributed by atoms with Crippen LogP contribution in [0.4, 0.5) is 0 Å². The predicted octanol–water partition coefficient (Wildman–Crippen LogP) is 4.24. The molecule has 0 amide bonds. The molecule has 5 nitrogen and oxygen atoms in total. The van der Waals surface area contributed by atoms with Gasteiger partial charge in [0.1, 0.15) is 5.78 Å². The summed E-state index contributed by atoms with van der Waals surface area (Å²) >= 11 is 0. The van der Waals surface area contributed by atoms with Crippen LogP contribution < -0.4 is 0 Å². The topological polar surface area (TPSA) is 77.1 Å². The molecule has 0 aliphatic carbocycles. The van der Waals surface area contributed by atoms with Crippen LogP contribution in [0.1, 0.15) is 74.1 Å². The van der Waals surface area contributed by atoms with Crippen LogP contribution in [0.15, 0.2) is 0 Å². The number of rotatable bonds is 4. The SMILES string of the molecule is CON1C(C)(C)CC(CCC(=O)C(C)(C)C)CC1(C)C.N#N. The minimum Gasteiger partial charge on any atom is -0.301 e. The van der Waals surface area contributed by atoms with Crippen LogP contribution in [0.2, 0.25) is 0 Å². The van der Waals surface area contributed by atoms with E-state index in [1.807, 2.05) is 20.8 Å². The molecule has 1 aliphatic rings. The zero-order chi connectivity index (χ0) is 17.8. The van der Waals surface area contributed by atoms with E-state index in [1.54, 1.807) is 7.11 Å². The summed E-state index contributed by atoms with van der Waals surface area (Å²) in [6.45, 7) is 15.0. The van der Waals surface area contributed by atoms with Crippen molar-refractivity contribution in [1.29, 1.82) is 10.8 Å². The summed E-state index contributed by atoms with van der Waals surface area (Å²) in [6, 6.07) is 0. The molecule has 1 fully saturated rings. The summed E-state index contributed by atoms with van der Waals surface area (Å²) in [5, 5.41) is 14.1. The molecule has 5 heteroatoms. The summed E-state index contributed by atoms with van der Waals surface area (Å²) in [6.07, 6.45) is 3.87. The third-order valence-electron chi connectivity index (χ3n) is 4.47. The molecule has 0 saturated carbocycles. The van der Waals surface area contributed by atoms with Gasteiger partial charge >= 0.3 is 0 Å². The maximum Gasteiger partial charge on any atom is 0.138 e. The minimum absolute atomic E-state index is 0.0198. The van der Waals surface area contributed by atoms with E-state index >= 15 is 0 Å². The lowest BCUT2D eigenvalue weighted by molar-refractivity contribution is -0.272. The first kappa shape index (κ1) is 21.0. The van der Waals surface area contributed by atoms with Crippen LogP contribution in [-0.4, -0.2) is 29.0 Å². The summed E-state index contributed by atoms with van der Waals surface area (Å²) < 4.78 is 0. The Kier molecular flexibility index (Phi) is 7.18. The Labute approximate surface area is 135 Å². The van der Waals surface area contributed by atoms with Gasteiger partial charge in [-0.05, 0) is 52.9 Å². The predicted molar refractivity (Wildman–Crippen MR) is 86.9 cm³/mol. The smallest absolute Gasteiger partial charge is 0.138 e. The van der Waals surface area contributed by atoms with Crippen LogP contribution in [0.3, 0.4) is 0 Å². The number of hydrogen-bond donors (Lipinski definition) is 0. The van der Waals surface area contributed by atoms with Crippen molar-refractivity contribution in [2.45, 2.75) is 85.2 Å². The fourth-order valence-electron chi connectivity index (χ4n) is 3.88. The Bertz CT molecular complexity index is 376. The summed E-state index contributed by atoms with van der Waals surface area (Å²) in [5.74, 6) is 0.972. The molecule has 1 aliphatic heterocycles. The molecular formula is C17H33N3O2. The van der Waals surface area contributed by atoms with Gasteiger partial charge in [0.2, 0.25) is 0 Å². The van der Waals surface area contributed by atoms with Crippen molar-refractivity contribution in [3.8, 4) is 0 Å². The van der Waals surface area contributed by atoms with Gasteiger partial charge in [0.05, 0.1) is 7.11 Å². The first-order valence-electron chi connectivity index (χ1n) is 7.98. The molecule has 22 heavy (non-hydrogen) atoms. The van der Waals surface area contributed by atoms with Crippen molar-refractivity contribution in [1.82, 2.24) is 5.06 Å². The van der Waals surface area contributed by atoms with E-state index in [9.17, 15) is 4.79 Å². The van der Waals surface area contributed by atoms with Gasteiger partial charge in [0.25, 0.3) is 0 Å². The quantitative estimate of drug-likeness (QED) is 0.726. The van der Waals surface area contributed by atoms with E-state index in [4.69, 9.17) is 15.6 Å². The highest BCUT2D eigenvalue weighted by Gasteiger charge is 2.45. The highest BCUT2D eigenvalue weighted by molar-refractivity contribution is 5.83. The number of piperidine rings is 1. The highest BCUT2D eigenvalue weighted by Crippen LogP contribution is 2.43. The molecule has 0 unspecified atom stereocenters. The van der Waals surface area contributed by atoms with Crippen LogP contribution in [-0.2, 0) is 9.63 Å². The number of carbonyl (C=O) groups is 1. The largest absolute Gasteiger partial charge is 0.301 e. The van der Waals surface area contributed by atoms with Crippen LogP contribution in [0.5, 0.6) is 0 Å². The lowest BCUT2D eigenvalue weighted by Gasteiger charge is -2.53. The second-order valence-electron chi connectivity index (χ2n) is 8.59. The molecule has 0 spiro atoms. The molecule has 0 N–H and O–H groups in total. The van der Waals surface area contributed by atoms with E-state index in [0.717, 1.165) is 19.3 Å². The monoisotopic (exact) mass is 311 g/mol. The van der Waals surface area contributed by atoms with Crippen molar-refractivity contribution in [2.75, 3.05) is 7.11 Å². The average Bonchev–Trinajstić information content (AvgIpc) is 2.34. The molecule has 0 aromatic rings. The van der Waals surface area contributed by atoms with Crippen LogP contribution in [0, 0.1) is 22.1 Å². The molecule has 0 aromatic heterocycles. The minimum atomic E-state index is -0.210. The number of hydroxylamine groups is 2. The second kappa shape index (κ2) is 7.52. The van der Waals surface area contributed by atoms with E-state index in [2.05, 4.69) is 32.8 Å². The Morgan fingerprint density at radius 1 is 1.14 bits per heavy atom. The fourth-order valence-corrected chi connectivity index (χ4v) is 3.88. The maximum atomic E-state index is 12.1. The lowest BCUT2D eigenvalue weighted by atomic mass is 9.73. The number of carbonyl (C=O) groups excluding carboxylic acids is 1. The van der Waals surface area contributed by atoms with Gasteiger partial charge in [0, 0.05) is 33.7 Å². The van der Waals surface area contributed by atoms with Crippen molar-refractivity contribution in [2.24, 2.45) is 11.3 Å². The van der Waals surface area contributed by atoms with E-state index in [-0.39, 0.29) is 16.5 Å². The van der Waals surface area contributed by atoms with Gasteiger partial charge in [-0.25, -0.2) is 0 Å². The van der Waals surface area contributed by atoms with Crippen molar-refractivity contribution in [3.63, 3.8) is 0 Å². The third-order valence-corrected chi connectivity index (χ3v) is 4.47. The Morgan fingerprint density at radius 3 is 1.86 bits per heavy atom. The molecule has 1 heterocycles. The third kappa shape index (κ3) is 5.33. The molecule has 1 rings (SSSR count). The molecule has 0 aromatic carbocycles. The molecule has 128 valence electrons. The van der Waals surface area contributed by atoms with E-state index in [0.29, 0.717) is 18.1 Å². The van der Waals surface area contributed by atoms with Gasteiger partial charge in [-0.1, -0.05) is 20.8 Å². The van der Waals surface area contributed by atoms with Crippen molar-refractivity contribution in [3.05, 3.63) is 0 Å². The molecule has 1 saturated heterocycles. The zero-order valence-electron chi connectivity index (χ0n) is 15.6. The normalized spacial score (nSPS) is 21.7. The molecule has 0 atom stereocenters. The van der Waals surface area contributed by atoms with Gasteiger partial charge in [0.15, 0.2) is 0 Å². The Morgan fingerprint density at radius 2 is 1.55 bits per heavy atom. The van der Waals surface area contributed by atoms with Crippen LogP contribution >= 0.6 is 0 Å². The lowest BCUT2D eigenvalue weighted by Crippen LogP contribution is -2.59. The fraction of sp³-hybridized carbons (Fsp3) is 0.941. The molecule has 0 radical (unpaired) electrons. The van der Waals surface area contributed by atoms with Gasteiger partial charge in [-0.3, -0.25) is 4.79 Å². The summed E-state index contributed by atoms with van der Waals surface area (Å²) in [4.78, 5) is 17.7. The first-order valence-corrected chi connectivity index (χ1v) is 7.98. The van der Waals surface area contributed by atoms with Gasteiger partial charge < -0.3 is 4.84 Å². The second-order valence-corrected chi connectivity index (χ2v) is 8.59. The van der Waals surface area contributed by atoms with Crippen LogP contribution in [0.25, 0.3) is 0 Å². The van der Waals surface area contributed by atoms with Gasteiger partial charge in [-0.15, -0.1) is 0 Å². The molecular weight excluding hydrogens is 278 g/mol. The Hall–Kier alpha value is -0.990. The van der Waals surface area contributed by atoms with Crippen molar-refractivity contribution >= 4 is 5.78 Å². The van der Waals surface area contributed by atoms with Gasteiger partial charge in [-0.2, -0.15) is 5.06 Å². The first-order chi connectivity index (χ1) is 9.90. The summed E-state index contributed by atoms with van der Waals surface area (Å²) in [5.41, 5.74) is -0.170. The molecule has 0 bridgehead atoms. The van der Waals surface area contributed by atoms with Crippen molar-refractivity contribution < 1.29 is 9.63 Å².